The Morgan fingerprint density at radius 3 is 2.24 bits per heavy atom. The van der Waals surface area contributed by atoms with E-state index in [0.29, 0.717) is 0 Å². The summed E-state index contributed by atoms with van der Waals surface area (Å²) in [5.41, 5.74) is 1.33. The molecule has 0 unspecified atom stereocenters. The minimum Gasteiger partial charge on any atom is -0.540 e. The Bertz CT molecular complexity index is 379. The Hall–Kier alpha value is -0.673. The molecule has 0 heterocycles. The van der Waals surface area contributed by atoms with Gasteiger partial charge < -0.3 is 4.43 Å². The van der Waals surface area contributed by atoms with Crippen molar-refractivity contribution in [2.45, 2.75) is 44.8 Å². The predicted molar refractivity (Wildman–Crippen MR) is 79.7 cm³/mol. The van der Waals surface area contributed by atoms with E-state index in [1.165, 1.54) is 10.5 Å². The zero-order chi connectivity index (χ0) is 12.9. The third kappa shape index (κ3) is 5.46. The molecule has 0 saturated heterocycles. The summed E-state index contributed by atoms with van der Waals surface area (Å²) in [7, 11) is -1.53. The average molecular weight is 266 g/mol. The Kier molecular flexibility index (Phi) is 5.34. The van der Waals surface area contributed by atoms with E-state index in [9.17, 15) is 0 Å². The smallest absolute Gasteiger partial charge is 0.242 e. The van der Waals surface area contributed by atoms with Gasteiger partial charge in [0.05, 0.1) is 0 Å². The lowest BCUT2D eigenvalue weighted by Gasteiger charge is -2.23. The summed E-state index contributed by atoms with van der Waals surface area (Å²) in [4.78, 5) is 1.24. The largest absolute Gasteiger partial charge is 0.540 e. The molecule has 1 aromatic carbocycles. The van der Waals surface area contributed by atoms with Crippen LogP contribution in [0.5, 0.6) is 0 Å². The Morgan fingerprint density at radius 2 is 1.76 bits per heavy atom. The molecule has 0 atom stereocenters. The maximum Gasteiger partial charge on any atom is 0.242 e. The highest BCUT2D eigenvalue weighted by molar-refractivity contribution is 8.03. The van der Waals surface area contributed by atoms with Crippen LogP contribution in [-0.4, -0.2) is 8.32 Å². The average Bonchev–Trinajstić information content (AvgIpc) is 2.27. The molecular weight excluding hydrogens is 244 g/mol. The van der Waals surface area contributed by atoms with Gasteiger partial charge in [0.15, 0.2) is 0 Å². The number of hydrogen-bond donors (Lipinski definition) is 0. The van der Waals surface area contributed by atoms with Crippen molar-refractivity contribution < 1.29 is 4.43 Å². The van der Waals surface area contributed by atoms with Crippen LogP contribution in [0, 0.1) is 0 Å². The summed E-state index contributed by atoms with van der Waals surface area (Å²) in [6.45, 7) is 11.0. The van der Waals surface area contributed by atoms with E-state index in [-0.39, 0.29) is 0 Å². The third-order valence-electron chi connectivity index (χ3n) is 2.23. The molecule has 1 rings (SSSR count). The van der Waals surface area contributed by atoms with Crippen LogP contribution < -0.4 is 0 Å². The van der Waals surface area contributed by atoms with Crippen LogP contribution >= 0.6 is 11.8 Å². The Morgan fingerprint density at radius 1 is 1.18 bits per heavy atom. The number of allylic oxidation sites excluding steroid dienone is 1. The molecule has 0 bridgehead atoms. The number of thioether (sulfide) groups is 1. The van der Waals surface area contributed by atoms with Crippen LogP contribution in [0.15, 0.2) is 45.9 Å². The third-order valence-corrected chi connectivity index (χ3v) is 4.32. The lowest BCUT2D eigenvalue weighted by molar-refractivity contribution is 0.455. The van der Waals surface area contributed by atoms with Crippen molar-refractivity contribution >= 4 is 20.1 Å². The van der Waals surface area contributed by atoms with Gasteiger partial charge in [0.2, 0.25) is 8.32 Å². The van der Waals surface area contributed by atoms with Gasteiger partial charge in [-0.3, -0.25) is 0 Å². The molecule has 0 aromatic heterocycles. The normalized spacial score (nSPS) is 13.2. The first-order chi connectivity index (χ1) is 7.92. The molecule has 0 N–H and O–H groups in total. The van der Waals surface area contributed by atoms with Gasteiger partial charge in [0.25, 0.3) is 0 Å². The topological polar surface area (TPSA) is 9.23 Å². The van der Waals surface area contributed by atoms with Crippen LogP contribution in [0.3, 0.4) is 0 Å². The van der Waals surface area contributed by atoms with E-state index in [1.54, 1.807) is 11.8 Å². The van der Waals surface area contributed by atoms with Gasteiger partial charge in [-0.15, -0.1) is 0 Å². The molecule has 17 heavy (non-hydrogen) atoms. The lowest BCUT2D eigenvalue weighted by Crippen LogP contribution is -2.24. The summed E-state index contributed by atoms with van der Waals surface area (Å²) >= 11 is 1.74. The maximum absolute atomic E-state index is 6.18. The van der Waals surface area contributed by atoms with Gasteiger partial charge in [0.1, 0.15) is 5.09 Å². The van der Waals surface area contributed by atoms with E-state index in [1.807, 2.05) is 6.07 Å². The van der Waals surface area contributed by atoms with Crippen molar-refractivity contribution in [3.63, 3.8) is 0 Å². The highest BCUT2D eigenvalue weighted by Gasteiger charge is 2.19. The molecule has 0 aliphatic heterocycles. The first-order valence-corrected chi connectivity index (χ1v) is 10.3. The molecule has 0 aliphatic rings. The summed E-state index contributed by atoms with van der Waals surface area (Å²) in [6.07, 6.45) is 1.04. The van der Waals surface area contributed by atoms with Gasteiger partial charge in [-0.25, -0.2) is 0 Å². The standard InChI is InChI=1S/C14H22OSSi/c1-6-12(2)14(15-17(3,4)5)16-13-10-8-7-9-11-13/h7-11H,6H2,1-5H3/b14-12+. The molecule has 0 aliphatic carbocycles. The maximum atomic E-state index is 6.18. The second-order valence-electron chi connectivity index (χ2n) is 5.05. The first-order valence-electron chi connectivity index (χ1n) is 6.04. The summed E-state index contributed by atoms with van der Waals surface area (Å²) in [6, 6.07) is 10.4. The van der Waals surface area contributed by atoms with Crippen molar-refractivity contribution in [3.8, 4) is 0 Å². The van der Waals surface area contributed by atoms with E-state index < -0.39 is 8.32 Å². The molecule has 3 heteroatoms. The van der Waals surface area contributed by atoms with E-state index in [2.05, 4.69) is 57.8 Å². The number of benzene rings is 1. The molecule has 0 fully saturated rings. The predicted octanol–water partition coefficient (Wildman–Crippen LogP) is 5.27. The van der Waals surface area contributed by atoms with Gasteiger partial charge in [-0.05, 0) is 50.7 Å². The molecule has 0 radical (unpaired) electrons. The van der Waals surface area contributed by atoms with E-state index >= 15 is 0 Å². The van der Waals surface area contributed by atoms with Crippen LogP contribution in [0.2, 0.25) is 19.6 Å². The van der Waals surface area contributed by atoms with Gasteiger partial charge in [-0.1, -0.05) is 36.9 Å². The number of hydrogen-bond acceptors (Lipinski definition) is 2. The second-order valence-corrected chi connectivity index (χ2v) is 10.5. The molecule has 1 nitrogen and oxygen atoms in total. The van der Waals surface area contributed by atoms with Crippen LogP contribution in [0.4, 0.5) is 0 Å². The minimum atomic E-state index is -1.53. The van der Waals surface area contributed by atoms with Crippen molar-refractivity contribution in [2.75, 3.05) is 0 Å². The molecule has 94 valence electrons. The molecule has 0 spiro atoms. The molecule has 1 aromatic rings. The molecule has 0 saturated carbocycles. The van der Waals surface area contributed by atoms with Crippen LogP contribution in [-0.2, 0) is 4.43 Å². The summed E-state index contributed by atoms with van der Waals surface area (Å²) in [5, 5.41) is 1.10. The highest BCUT2D eigenvalue weighted by Crippen LogP contribution is 2.32. The lowest BCUT2D eigenvalue weighted by atomic mass is 10.3. The molecular formula is C14H22OSSi. The Balaban J connectivity index is 2.87. The second kappa shape index (κ2) is 6.31. The van der Waals surface area contributed by atoms with Gasteiger partial charge in [0, 0.05) is 4.90 Å². The van der Waals surface area contributed by atoms with E-state index in [0.717, 1.165) is 11.5 Å². The monoisotopic (exact) mass is 266 g/mol. The summed E-state index contributed by atoms with van der Waals surface area (Å²) in [5.74, 6) is 0. The zero-order valence-corrected chi connectivity index (χ0v) is 13.2. The SMILES string of the molecule is CC/C(C)=C(\O[Si](C)(C)C)Sc1ccccc1. The fourth-order valence-corrected chi connectivity index (χ4v) is 3.69. The van der Waals surface area contributed by atoms with Crippen molar-refractivity contribution in [2.24, 2.45) is 0 Å². The zero-order valence-electron chi connectivity index (χ0n) is 11.4. The Labute approximate surface area is 110 Å². The summed E-state index contributed by atoms with van der Waals surface area (Å²) < 4.78 is 6.18. The van der Waals surface area contributed by atoms with Crippen LogP contribution in [0.25, 0.3) is 0 Å². The highest BCUT2D eigenvalue weighted by atomic mass is 32.2. The van der Waals surface area contributed by atoms with E-state index in [4.69, 9.17) is 4.43 Å². The fraction of sp³-hybridized carbons (Fsp3) is 0.429. The quantitative estimate of drug-likeness (QED) is 0.408. The number of rotatable bonds is 5. The van der Waals surface area contributed by atoms with Crippen molar-refractivity contribution in [1.82, 2.24) is 0 Å². The van der Waals surface area contributed by atoms with Crippen molar-refractivity contribution in [3.05, 3.63) is 41.0 Å². The molecule has 0 amide bonds. The van der Waals surface area contributed by atoms with Gasteiger partial charge in [-0.2, -0.15) is 0 Å². The fourth-order valence-electron chi connectivity index (χ4n) is 1.21. The van der Waals surface area contributed by atoms with Crippen molar-refractivity contribution in [1.29, 1.82) is 0 Å². The van der Waals surface area contributed by atoms with Gasteiger partial charge >= 0.3 is 0 Å². The first kappa shape index (κ1) is 14.4. The van der Waals surface area contributed by atoms with Crippen LogP contribution in [0.1, 0.15) is 20.3 Å². The minimum absolute atomic E-state index is 1.04.